The summed E-state index contributed by atoms with van der Waals surface area (Å²) in [6.45, 7) is 1.96. The number of Topliss-reactive ketones (excluding diaryl/α,β-unsaturated/α-hetero) is 1. The molecule has 0 bridgehead atoms. The van der Waals surface area contributed by atoms with Crippen LogP contribution in [0, 0.1) is 11.7 Å². The molecule has 0 aliphatic carbocycles. The van der Waals surface area contributed by atoms with Gasteiger partial charge in [-0.3, -0.25) is 9.59 Å². The van der Waals surface area contributed by atoms with Crippen LogP contribution >= 0.6 is 11.8 Å². The van der Waals surface area contributed by atoms with Gasteiger partial charge < -0.3 is 4.74 Å². The minimum absolute atomic E-state index is 0.191. The van der Waals surface area contributed by atoms with Crippen molar-refractivity contribution in [2.24, 2.45) is 5.92 Å². The molecule has 96 valence electrons. The van der Waals surface area contributed by atoms with Crippen molar-refractivity contribution >= 4 is 23.5 Å². The van der Waals surface area contributed by atoms with Gasteiger partial charge in [-0.2, -0.15) is 0 Å². The van der Waals surface area contributed by atoms with Crippen molar-refractivity contribution in [3.8, 4) is 0 Å². The average Bonchev–Trinajstić information content (AvgIpc) is 2.71. The number of carbonyl (C=O) groups is 2. The molecular formula is C13H13FO3S. The van der Waals surface area contributed by atoms with Gasteiger partial charge in [0.25, 0.3) is 0 Å². The summed E-state index contributed by atoms with van der Waals surface area (Å²) in [5, 5.41) is -0.463. The van der Waals surface area contributed by atoms with Gasteiger partial charge in [-0.05, 0) is 24.6 Å². The van der Waals surface area contributed by atoms with Gasteiger partial charge in [0.1, 0.15) is 11.7 Å². The molecule has 0 saturated carbocycles. The van der Waals surface area contributed by atoms with Crippen LogP contribution in [0.3, 0.4) is 0 Å². The van der Waals surface area contributed by atoms with E-state index in [0.717, 1.165) is 0 Å². The molecule has 3 nitrogen and oxygen atoms in total. The number of ether oxygens (including phenoxy) is 1. The predicted octanol–water partition coefficient (Wildman–Crippen LogP) is 2.36. The fourth-order valence-electron chi connectivity index (χ4n) is 1.90. The summed E-state index contributed by atoms with van der Waals surface area (Å²) in [4.78, 5) is 23.7. The second-order valence-electron chi connectivity index (χ2n) is 3.98. The maximum absolute atomic E-state index is 13.1. The molecule has 2 rings (SSSR count). The highest BCUT2D eigenvalue weighted by Gasteiger charge is 2.41. The van der Waals surface area contributed by atoms with Crippen molar-refractivity contribution in [2.75, 3.05) is 12.4 Å². The van der Waals surface area contributed by atoms with Gasteiger partial charge in [0.15, 0.2) is 5.78 Å². The fraction of sp³-hybridized carbons (Fsp3) is 0.385. The fourth-order valence-corrected chi connectivity index (χ4v) is 3.25. The van der Waals surface area contributed by atoms with E-state index in [9.17, 15) is 14.0 Å². The van der Waals surface area contributed by atoms with Crippen LogP contribution in [-0.2, 0) is 14.3 Å². The van der Waals surface area contributed by atoms with E-state index in [1.807, 2.05) is 0 Å². The summed E-state index contributed by atoms with van der Waals surface area (Å²) in [7, 11) is 0. The average molecular weight is 268 g/mol. The van der Waals surface area contributed by atoms with Gasteiger partial charge in [-0.15, -0.1) is 11.8 Å². The smallest absolute Gasteiger partial charge is 0.317 e. The van der Waals surface area contributed by atoms with E-state index in [-0.39, 0.29) is 18.2 Å². The number of benzene rings is 1. The molecule has 1 aromatic rings. The molecule has 1 heterocycles. The summed E-state index contributed by atoms with van der Waals surface area (Å²) in [6, 6.07) is 5.93. The van der Waals surface area contributed by atoms with E-state index in [2.05, 4.69) is 0 Å². The van der Waals surface area contributed by atoms with Crippen LogP contribution in [0.15, 0.2) is 24.3 Å². The lowest BCUT2D eigenvalue weighted by molar-refractivity contribution is -0.150. The third-order valence-corrected chi connectivity index (χ3v) is 4.12. The van der Waals surface area contributed by atoms with Crippen LogP contribution in [0.5, 0.6) is 0 Å². The van der Waals surface area contributed by atoms with Crippen LogP contribution in [0.25, 0.3) is 0 Å². The number of hydrogen-bond donors (Lipinski definition) is 0. The Kier molecular flexibility index (Phi) is 4.01. The predicted molar refractivity (Wildman–Crippen MR) is 66.7 cm³/mol. The van der Waals surface area contributed by atoms with E-state index in [1.54, 1.807) is 19.1 Å². The quantitative estimate of drug-likeness (QED) is 0.623. The third-order valence-electron chi connectivity index (χ3n) is 2.75. The van der Waals surface area contributed by atoms with Gasteiger partial charge in [-0.25, -0.2) is 4.39 Å². The minimum atomic E-state index is -0.719. The number of ketones is 1. The third kappa shape index (κ3) is 2.56. The first-order chi connectivity index (χ1) is 8.63. The van der Waals surface area contributed by atoms with Crippen molar-refractivity contribution < 1.29 is 18.7 Å². The Morgan fingerprint density at radius 1 is 1.56 bits per heavy atom. The molecule has 0 radical (unpaired) electrons. The number of esters is 1. The second kappa shape index (κ2) is 5.52. The molecule has 18 heavy (non-hydrogen) atoms. The van der Waals surface area contributed by atoms with Gasteiger partial charge in [-0.1, -0.05) is 12.1 Å². The molecule has 1 aromatic carbocycles. The lowest BCUT2D eigenvalue weighted by atomic mass is 9.99. The molecule has 1 aliphatic heterocycles. The number of hydrogen-bond acceptors (Lipinski definition) is 4. The Morgan fingerprint density at radius 3 is 3.00 bits per heavy atom. The lowest BCUT2D eigenvalue weighted by Gasteiger charge is -2.09. The first-order valence-electron chi connectivity index (χ1n) is 5.71. The number of carbonyl (C=O) groups excluding carboxylic acids is 2. The minimum Gasteiger partial charge on any atom is -0.465 e. The Labute approximate surface area is 109 Å². The molecule has 0 amide bonds. The zero-order valence-electron chi connectivity index (χ0n) is 9.89. The Bertz CT molecular complexity index is 475. The van der Waals surface area contributed by atoms with Crippen LogP contribution in [0.1, 0.15) is 17.7 Å². The van der Waals surface area contributed by atoms with Crippen molar-refractivity contribution in [3.05, 3.63) is 35.6 Å². The molecule has 1 saturated heterocycles. The van der Waals surface area contributed by atoms with E-state index >= 15 is 0 Å². The SMILES string of the molecule is CCOC(=O)C1CSC(c2cccc(F)c2)C1=O. The molecule has 5 heteroatoms. The van der Waals surface area contributed by atoms with Crippen LogP contribution in [0.4, 0.5) is 4.39 Å². The Balaban J connectivity index is 2.14. The molecule has 0 N–H and O–H groups in total. The van der Waals surface area contributed by atoms with Crippen molar-refractivity contribution in [2.45, 2.75) is 12.2 Å². The number of rotatable bonds is 3. The zero-order chi connectivity index (χ0) is 13.1. The molecule has 2 atom stereocenters. The number of halogens is 1. The van der Waals surface area contributed by atoms with Gasteiger partial charge in [0.05, 0.1) is 11.9 Å². The normalized spacial score (nSPS) is 23.1. The van der Waals surface area contributed by atoms with E-state index in [4.69, 9.17) is 4.74 Å². The highest BCUT2D eigenvalue weighted by atomic mass is 32.2. The molecular weight excluding hydrogens is 255 g/mol. The molecule has 1 aliphatic rings. The maximum Gasteiger partial charge on any atom is 0.317 e. The maximum atomic E-state index is 13.1. The van der Waals surface area contributed by atoms with E-state index in [0.29, 0.717) is 11.3 Å². The zero-order valence-corrected chi connectivity index (χ0v) is 10.7. The topological polar surface area (TPSA) is 43.4 Å². The van der Waals surface area contributed by atoms with Crippen molar-refractivity contribution in [1.82, 2.24) is 0 Å². The standard InChI is InChI=1S/C13H13FO3S/c1-2-17-13(16)10-7-18-12(11(10)15)8-4-3-5-9(14)6-8/h3-6,10,12H,2,7H2,1H3. The molecule has 1 fully saturated rings. The van der Waals surface area contributed by atoms with Crippen molar-refractivity contribution in [3.63, 3.8) is 0 Å². The van der Waals surface area contributed by atoms with Crippen molar-refractivity contribution in [1.29, 1.82) is 0 Å². The largest absolute Gasteiger partial charge is 0.465 e. The van der Waals surface area contributed by atoms with Gasteiger partial charge in [0.2, 0.25) is 0 Å². The highest BCUT2D eigenvalue weighted by Crippen LogP contribution is 2.40. The van der Waals surface area contributed by atoms with E-state index < -0.39 is 17.1 Å². The summed E-state index contributed by atoms with van der Waals surface area (Å²) in [5.74, 6) is -1.36. The second-order valence-corrected chi connectivity index (χ2v) is 5.11. The molecule has 2 unspecified atom stereocenters. The first kappa shape index (κ1) is 13.1. The summed E-state index contributed by atoms with van der Waals surface area (Å²) >= 11 is 1.36. The molecule has 0 aromatic heterocycles. The summed E-state index contributed by atoms with van der Waals surface area (Å²) < 4.78 is 18.0. The highest BCUT2D eigenvalue weighted by molar-refractivity contribution is 8.00. The Hall–Kier alpha value is -1.36. The summed E-state index contributed by atoms with van der Waals surface area (Å²) in [6.07, 6.45) is 0. The monoisotopic (exact) mass is 268 g/mol. The van der Waals surface area contributed by atoms with Crippen LogP contribution in [0.2, 0.25) is 0 Å². The number of thioether (sulfide) groups is 1. The van der Waals surface area contributed by atoms with Crippen LogP contribution < -0.4 is 0 Å². The van der Waals surface area contributed by atoms with Gasteiger partial charge >= 0.3 is 5.97 Å². The van der Waals surface area contributed by atoms with Gasteiger partial charge in [0, 0.05) is 5.75 Å². The lowest BCUT2D eigenvalue weighted by Crippen LogP contribution is -2.25. The van der Waals surface area contributed by atoms with Crippen LogP contribution in [-0.4, -0.2) is 24.1 Å². The Morgan fingerprint density at radius 2 is 2.33 bits per heavy atom. The summed E-state index contributed by atoms with van der Waals surface area (Å²) in [5.41, 5.74) is 0.608. The van der Waals surface area contributed by atoms with E-state index in [1.165, 1.54) is 23.9 Å². The first-order valence-corrected chi connectivity index (χ1v) is 6.75. The molecule has 0 spiro atoms.